The maximum absolute atomic E-state index is 11.6. The summed E-state index contributed by atoms with van der Waals surface area (Å²) in [5, 5.41) is 13.8. The Morgan fingerprint density at radius 2 is 2.00 bits per heavy atom. The van der Waals surface area contributed by atoms with Crippen LogP contribution in [0.3, 0.4) is 0 Å². The molecule has 2 atom stereocenters. The highest BCUT2D eigenvalue weighted by Gasteiger charge is 2.17. The van der Waals surface area contributed by atoms with Gasteiger partial charge in [0.1, 0.15) is 0 Å². The van der Waals surface area contributed by atoms with E-state index in [2.05, 4.69) is 10.3 Å². The van der Waals surface area contributed by atoms with Gasteiger partial charge < -0.3 is 16.2 Å². The van der Waals surface area contributed by atoms with Crippen LogP contribution < -0.4 is 11.1 Å². The van der Waals surface area contributed by atoms with Gasteiger partial charge in [-0.15, -0.1) is 0 Å². The number of carbonyl (C=O) groups excluding carboxylic acids is 1. The van der Waals surface area contributed by atoms with Crippen molar-refractivity contribution in [3.8, 4) is 0 Å². The summed E-state index contributed by atoms with van der Waals surface area (Å²) in [6, 6.07) is 10.3. The van der Waals surface area contributed by atoms with Crippen molar-refractivity contribution >= 4 is 17.5 Å². The van der Waals surface area contributed by atoms with Gasteiger partial charge in [0, 0.05) is 29.0 Å². The number of benzene rings is 1. The van der Waals surface area contributed by atoms with Crippen LogP contribution in [0.1, 0.15) is 22.9 Å². The van der Waals surface area contributed by atoms with Crippen molar-refractivity contribution < 1.29 is 9.90 Å². The second-order valence-corrected chi connectivity index (χ2v) is 5.88. The SMILES string of the molecule is Cc1ccc(C(O)CNC(Cc2ccc(Cl)cc2)C(N)=O)cn1. The molecule has 1 aromatic heterocycles. The molecule has 4 N–H and O–H groups in total. The van der Waals surface area contributed by atoms with Gasteiger partial charge in [-0.1, -0.05) is 29.8 Å². The molecule has 0 bridgehead atoms. The highest BCUT2D eigenvalue weighted by Crippen LogP contribution is 2.13. The Kier molecular flexibility index (Phi) is 6.10. The van der Waals surface area contributed by atoms with E-state index >= 15 is 0 Å². The fraction of sp³-hybridized carbons (Fsp3) is 0.294. The summed E-state index contributed by atoms with van der Waals surface area (Å²) >= 11 is 5.85. The highest BCUT2D eigenvalue weighted by atomic mass is 35.5. The quantitative estimate of drug-likeness (QED) is 0.720. The molecule has 0 spiro atoms. The van der Waals surface area contributed by atoms with Crippen LogP contribution in [0.15, 0.2) is 42.6 Å². The third-order valence-corrected chi connectivity index (χ3v) is 3.83. The first-order valence-electron chi connectivity index (χ1n) is 7.33. The molecule has 2 rings (SSSR count). The molecule has 0 radical (unpaired) electrons. The van der Waals surface area contributed by atoms with Crippen molar-refractivity contribution in [1.29, 1.82) is 0 Å². The molecule has 0 fully saturated rings. The van der Waals surface area contributed by atoms with Crippen LogP contribution >= 0.6 is 11.6 Å². The molecule has 1 aromatic carbocycles. The van der Waals surface area contributed by atoms with Gasteiger partial charge in [-0.05, 0) is 37.1 Å². The zero-order chi connectivity index (χ0) is 16.8. The molecule has 1 heterocycles. The fourth-order valence-electron chi connectivity index (χ4n) is 2.18. The molecule has 1 amide bonds. The lowest BCUT2D eigenvalue weighted by molar-refractivity contribution is -0.120. The molecule has 122 valence electrons. The number of hydrogen-bond donors (Lipinski definition) is 3. The smallest absolute Gasteiger partial charge is 0.234 e. The molecule has 23 heavy (non-hydrogen) atoms. The largest absolute Gasteiger partial charge is 0.387 e. The number of nitrogens with two attached hydrogens (primary N) is 1. The Morgan fingerprint density at radius 3 is 2.57 bits per heavy atom. The lowest BCUT2D eigenvalue weighted by Gasteiger charge is -2.18. The summed E-state index contributed by atoms with van der Waals surface area (Å²) < 4.78 is 0. The molecular weight excluding hydrogens is 314 g/mol. The van der Waals surface area contributed by atoms with E-state index in [1.54, 1.807) is 18.3 Å². The minimum Gasteiger partial charge on any atom is -0.387 e. The first-order valence-corrected chi connectivity index (χ1v) is 7.71. The van der Waals surface area contributed by atoms with E-state index in [0.29, 0.717) is 17.0 Å². The first-order chi connectivity index (χ1) is 11.0. The summed E-state index contributed by atoms with van der Waals surface area (Å²) in [7, 11) is 0. The van der Waals surface area contributed by atoms with Gasteiger partial charge in [0.2, 0.25) is 5.91 Å². The molecule has 0 aliphatic rings. The Hall–Kier alpha value is -1.95. The summed E-state index contributed by atoms with van der Waals surface area (Å²) in [5.74, 6) is -0.464. The summed E-state index contributed by atoms with van der Waals surface area (Å²) in [4.78, 5) is 15.8. The number of primary amides is 1. The van der Waals surface area contributed by atoms with Crippen molar-refractivity contribution in [3.05, 3.63) is 64.4 Å². The number of amides is 1. The maximum Gasteiger partial charge on any atom is 0.234 e. The van der Waals surface area contributed by atoms with Crippen LogP contribution in [0.4, 0.5) is 0 Å². The predicted molar refractivity (Wildman–Crippen MR) is 90.1 cm³/mol. The second-order valence-electron chi connectivity index (χ2n) is 5.44. The minimum absolute atomic E-state index is 0.214. The number of rotatable bonds is 7. The molecule has 0 saturated carbocycles. The Labute approximate surface area is 140 Å². The number of carbonyl (C=O) groups is 1. The number of aliphatic hydroxyl groups excluding tert-OH is 1. The average molecular weight is 334 g/mol. The number of aromatic nitrogens is 1. The summed E-state index contributed by atoms with van der Waals surface area (Å²) in [6.45, 7) is 2.09. The number of pyridine rings is 1. The van der Waals surface area contributed by atoms with E-state index < -0.39 is 18.1 Å². The van der Waals surface area contributed by atoms with Gasteiger partial charge in [-0.3, -0.25) is 9.78 Å². The van der Waals surface area contributed by atoms with Crippen LogP contribution in [0.5, 0.6) is 0 Å². The highest BCUT2D eigenvalue weighted by molar-refractivity contribution is 6.30. The third kappa shape index (κ3) is 5.32. The van der Waals surface area contributed by atoms with E-state index in [1.807, 2.05) is 31.2 Å². The van der Waals surface area contributed by atoms with Gasteiger partial charge >= 0.3 is 0 Å². The second kappa shape index (κ2) is 8.06. The Bertz CT molecular complexity index is 644. The van der Waals surface area contributed by atoms with E-state index in [1.165, 1.54) is 0 Å². The van der Waals surface area contributed by atoms with E-state index in [-0.39, 0.29) is 6.54 Å². The lowest BCUT2D eigenvalue weighted by Crippen LogP contribution is -2.44. The van der Waals surface area contributed by atoms with Gasteiger partial charge in [0.25, 0.3) is 0 Å². The standard InChI is InChI=1S/C17H20ClN3O2/c1-11-2-5-13(9-20-11)16(22)10-21-15(17(19)23)8-12-3-6-14(18)7-4-12/h2-7,9,15-16,21-22H,8,10H2,1H3,(H2,19,23). The lowest BCUT2D eigenvalue weighted by atomic mass is 10.0. The van der Waals surface area contributed by atoms with Crippen LogP contribution in [0.2, 0.25) is 5.02 Å². The monoisotopic (exact) mass is 333 g/mol. The number of nitrogens with zero attached hydrogens (tertiary/aromatic N) is 1. The zero-order valence-electron chi connectivity index (χ0n) is 12.9. The fourth-order valence-corrected chi connectivity index (χ4v) is 2.30. The number of nitrogens with one attached hydrogen (secondary N) is 1. The minimum atomic E-state index is -0.754. The van der Waals surface area contributed by atoms with Gasteiger partial charge in [-0.2, -0.15) is 0 Å². The normalized spacial score (nSPS) is 13.5. The number of halogens is 1. The number of hydrogen-bond acceptors (Lipinski definition) is 4. The van der Waals surface area contributed by atoms with Crippen molar-refractivity contribution in [3.63, 3.8) is 0 Å². The van der Waals surface area contributed by atoms with E-state index in [0.717, 1.165) is 11.3 Å². The molecular formula is C17H20ClN3O2. The van der Waals surface area contributed by atoms with Crippen molar-refractivity contribution in [2.24, 2.45) is 5.73 Å². The first kappa shape index (κ1) is 17.4. The van der Waals surface area contributed by atoms with E-state index in [9.17, 15) is 9.90 Å². The van der Waals surface area contributed by atoms with Gasteiger partial charge in [0.05, 0.1) is 12.1 Å². The van der Waals surface area contributed by atoms with Crippen molar-refractivity contribution in [2.45, 2.75) is 25.5 Å². The molecule has 2 aromatic rings. The van der Waals surface area contributed by atoms with Crippen molar-refractivity contribution in [2.75, 3.05) is 6.54 Å². The zero-order valence-corrected chi connectivity index (χ0v) is 13.6. The van der Waals surface area contributed by atoms with Gasteiger partial charge in [0.15, 0.2) is 0 Å². The van der Waals surface area contributed by atoms with Crippen molar-refractivity contribution in [1.82, 2.24) is 10.3 Å². The molecule has 6 heteroatoms. The van der Waals surface area contributed by atoms with Crippen LogP contribution in [-0.2, 0) is 11.2 Å². The van der Waals surface area contributed by atoms with Crippen LogP contribution in [0.25, 0.3) is 0 Å². The van der Waals surface area contributed by atoms with Crippen LogP contribution in [0, 0.1) is 6.92 Å². The molecule has 5 nitrogen and oxygen atoms in total. The summed E-state index contributed by atoms with van der Waals surface area (Å²) in [5.41, 5.74) is 7.95. The summed E-state index contributed by atoms with van der Waals surface area (Å²) in [6.07, 6.45) is 1.31. The topological polar surface area (TPSA) is 88.2 Å². The molecule has 0 aliphatic carbocycles. The number of aryl methyl sites for hydroxylation is 1. The van der Waals surface area contributed by atoms with E-state index in [4.69, 9.17) is 17.3 Å². The Balaban J connectivity index is 1.95. The van der Waals surface area contributed by atoms with Crippen LogP contribution in [-0.4, -0.2) is 28.6 Å². The number of aliphatic hydroxyl groups is 1. The molecule has 2 unspecified atom stereocenters. The predicted octanol–water partition coefficient (Wildman–Crippen LogP) is 1.76. The molecule has 0 saturated heterocycles. The van der Waals surface area contributed by atoms with Gasteiger partial charge in [-0.25, -0.2) is 0 Å². The molecule has 0 aliphatic heterocycles. The maximum atomic E-state index is 11.6. The average Bonchev–Trinajstić information content (AvgIpc) is 2.53. The third-order valence-electron chi connectivity index (χ3n) is 3.57. The Morgan fingerprint density at radius 1 is 1.30 bits per heavy atom.